The minimum Gasteiger partial charge on any atom is -0.454 e. The van der Waals surface area contributed by atoms with Crippen molar-refractivity contribution in [3.8, 4) is 22.9 Å². The Kier molecular flexibility index (Phi) is 3.22. The van der Waals surface area contributed by atoms with Crippen molar-refractivity contribution >= 4 is 12.2 Å². The molecule has 19 heavy (non-hydrogen) atoms. The van der Waals surface area contributed by atoms with Gasteiger partial charge in [-0.3, -0.25) is 9.67 Å². The zero-order valence-corrected chi connectivity index (χ0v) is 11.2. The maximum Gasteiger partial charge on any atom is 0.231 e. The number of nitrogens with zero attached hydrogens (tertiary/aromatic N) is 2. The van der Waals surface area contributed by atoms with Crippen molar-refractivity contribution in [2.75, 3.05) is 20.5 Å². The molecule has 1 aromatic carbocycles. The predicted molar refractivity (Wildman–Crippen MR) is 70.8 cm³/mol. The molecule has 0 saturated carbocycles. The second-order valence-corrected chi connectivity index (χ2v) is 4.45. The molecule has 1 N–H and O–H groups in total. The second-order valence-electron chi connectivity index (χ2n) is 4.06. The van der Waals surface area contributed by atoms with Crippen LogP contribution in [0.1, 0.15) is 0 Å². The van der Waals surface area contributed by atoms with Gasteiger partial charge in [-0.25, -0.2) is 0 Å². The topological polar surface area (TPSA) is 61.3 Å². The zero-order valence-electron chi connectivity index (χ0n) is 10.4. The van der Waals surface area contributed by atoms with Crippen LogP contribution in [-0.2, 0) is 11.3 Å². The largest absolute Gasteiger partial charge is 0.454 e. The molecule has 3 rings (SSSR count). The van der Waals surface area contributed by atoms with Gasteiger partial charge in [-0.05, 0) is 30.4 Å². The predicted octanol–water partition coefficient (Wildman–Crippen LogP) is 1.98. The van der Waals surface area contributed by atoms with E-state index >= 15 is 0 Å². The molecule has 1 aromatic heterocycles. The van der Waals surface area contributed by atoms with Gasteiger partial charge in [-0.1, -0.05) is 0 Å². The highest BCUT2D eigenvalue weighted by Gasteiger charge is 2.16. The first-order chi connectivity index (χ1) is 9.29. The minimum atomic E-state index is 0.259. The van der Waals surface area contributed by atoms with Gasteiger partial charge in [-0.2, -0.15) is 5.10 Å². The van der Waals surface area contributed by atoms with Crippen LogP contribution in [0, 0.1) is 4.77 Å². The number of H-pyrrole nitrogens is 1. The van der Waals surface area contributed by atoms with E-state index in [2.05, 4.69) is 10.2 Å². The summed E-state index contributed by atoms with van der Waals surface area (Å²) in [6.45, 7) is 1.48. The van der Waals surface area contributed by atoms with Gasteiger partial charge in [0, 0.05) is 12.7 Å². The maximum absolute atomic E-state index is 5.37. The fraction of sp³-hybridized carbons (Fsp3) is 0.333. The molecule has 2 aromatic rings. The Morgan fingerprint density at radius 3 is 3.11 bits per heavy atom. The number of methoxy groups -OCH3 is 1. The van der Waals surface area contributed by atoms with E-state index in [1.165, 1.54) is 0 Å². The molecular weight excluding hydrogens is 266 g/mol. The molecule has 0 radical (unpaired) electrons. The summed E-state index contributed by atoms with van der Waals surface area (Å²) in [4.78, 5) is 0. The molecule has 6 nitrogen and oxygen atoms in total. The van der Waals surface area contributed by atoms with E-state index in [9.17, 15) is 0 Å². The van der Waals surface area contributed by atoms with Crippen molar-refractivity contribution in [2.45, 2.75) is 6.54 Å². The van der Waals surface area contributed by atoms with E-state index < -0.39 is 0 Å². The van der Waals surface area contributed by atoms with Crippen molar-refractivity contribution < 1.29 is 14.2 Å². The number of ether oxygens (including phenoxy) is 3. The Morgan fingerprint density at radius 1 is 1.42 bits per heavy atom. The summed E-state index contributed by atoms with van der Waals surface area (Å²) < 4.78 is 18.2. The number of fused-ring (bicyclic) bond motifs is 1. The molecule has 0 unspecified atom stereocenters. The third-order valence-corrected chi connectivity index (χ3v) is 3.22. The van der Waals surface area contributed by atoms with Crippen LogP contribution in [0.2, 0.25) is 0 Å². The Hall–Kier alpha value is -1.86. The van der Waals surface area contributed by atoms with Gasteiger partial charge in [0.2, 0.25) is 6.79 Å². The van der Waals surface area contributed by atoms with Gasteiger partial charge in [-0.15, -0.1) is 0 Å². The van der Waals surface area contributed by atoms with Crippen LogP contribution < -0.4 is 9.47 Å². The fourth-order valence-corrected chi connectivity index (χ4v) is 2.19. The molecule has 0 spiro atoms. The van der Waals surface area contributed by atoms with Gasteiger partial charge in [0.1, 0.15) is 0 Å². The summed E-state index contributed by atoms with van der Waals surface area (Å²) in [6.07, 6.45) is 0. The summed E-state index contributed by atoms with van der Waals surface area (Å²) in [5.41, 5.74) is 0.924. The highest BCUT2D eigenvalue weighted by atomic mass is 32.1. The van der Waals surface area contributed by atoms with Gasteiger partial charge < -0.3 is 14.2 Å². The summed E-state index contributed by atoms with van der Waals surface area (Å²) in [5.74, 6) is 2.24. The molecule has 1 aliphatic rings. The second kappa shape index (κ2) is 5.02. The third-order valence-electron chi connectivity index (χ3n) is 2.91. The van der Waals surface area contributed by atoms with Crippen LogP contribution in [0.25, 0.3) is 11.4 Å². The molecule has 1 aliphatic heterocycles. The summed E-state index contributed by atoms with van der Waals surface area (Å²) in [7, 11) is 1.66. The lowest BCUT2D eigenvalue weighted by atomic mass is 10.2. The maximum atomic E-state index is 5.37. The molecule has 0 fully saturated rings. The average molecular weight is 279 g/mol. The third kappa shape index (κ3) is 2.22. The molecule has 0 saturated heterocycles. The summed E-state index contributed by atoms with van der Waals surface area (Å²) in [5, 5.41) is 7.06. The average Bonchev–Trinajstić information content (AvgIpc) is 3.02. The smallest absolute Gasteiger partial charge is 0.231 e. The van der Waals surface area contributed by atoms with Crippen LogP contribution >= 0.6 is 12.2 Å². The van der Waals surface area contributed by atoms with E-state index in [0.29, 0.717) is 17.9 Å². The van der Waals surface area contributed by atoms with Crippen LogP contribution in [0.5, 0.6) is 11.5 Å². The number of hydrogen-bond acceptors (Lipinski definition) is 5. The lowest BCUT2D eigenvalue weighted by Gasteiger charge is -2.06. The van der Waals surface area contributed by atoms with Gasteiger partial charge in [0.15, 0.2) is 22.1 Å². The van der Waals surface area contributed by atoms with E-state index in [0.717, 1.165) is 22.9 Å². The normalized spacial score (nSPS) is 12.9. The van der Waals surface area contributed by atoms with Crippen molar-refractivity contribution in [1.82, 2.24) is 14.8 Å². The zero-order chi connectivity index (χ0) is 13.2. The quantitative estimate of drug-likeness (QED) is 0.867. The standard InChI is InChI=1S/C12H13N3O3S/c1-16-5-4-15-11(13-14-12(15)19)8-2-3-9-10(6-8)18-7-17-9/h2-3,6H,4-5,7H2,1H3,(H,14,19). The van der Waals surface area contributed by atoms with Crippen molar-refractivity contribution in [3.05, 3.63) is 23.0 Å². The first kappa shape index (κ1) is 12.2. The SMILES string of the molecule is COCCn1c(-c2ccc3c(c2)OCO3)n[nH]c1=S. The molecule has 0 aliphatic carbocycles. The van der Waals surface area contributed by atoms with E-state index in [4.69, 9.17) is 26.4 Å². The Labute approximate surface area is 114 Å². The number of benzene rings is 1. The van der Waals surface area contributed by atoms with Crippen LogP contribution in [0.4, 0.5) is 0 Å². The Bertz CT molecular complexity index is 650. The van der Waals surface area contributed by atoms with Crippen molar-refractivity contribution in [2.24, 2.45) is 0 Å². The van der Waals surface area contributed by atoms with Gasteiger partial charge >= 0.3 is 0 Å². The molecule has 2 heterocycles. The lowest BCUT2D eigenvalue weighted by Crippen LogP contribution is -2.06. The van der Waals surface area contributed by atoms with Crippen molar-refractivity contribution in [1.29, 1.82) is 0 Å². The number of nitrogens with one attached hydrogen (secondary N) is 1. The molecule has 0 amide bonds. The summed E-state index contributed by atoms with van der Waals surface area (Å²) >= 11 is 5.22. The number of aromatic amines is 1. The fourth-order valence-electron chi connectivity index (χ4n) is 1.96. The van der Waals surface area contributed by atoms with Crippen molar-refractivity contribution in [3.63, 3.8) is 0 Å². The van der Waals surface area contributed by atoms with Crippen LogP contribution in [0.15, 0.2) is 18.2 Å². The van der Waals surface area contributed by atoms with Crippen LogP contribution in [-0.4, -0.2) is 35.3 Å². The molecular formula is C12H13N3O3S. The van der Waals surface area contributed by atoms with E-state index in [-0.39, 0.29) is 6.79 Å². The first-order valence-corrected chi connectivity index (χ1v) is 6.24. The number of hydrogen-bond donors (Lipinski definition) is 1. The summed E-state index contributed by atoms with van der Waals surface area (Å²) in [6, 6.07) is 5.70. The molecule has 0 bridgehead atoms. The minimum absolute atomic E-state index is 0.259. The number of aromatic nitrogens is 3. The van der Waals surface area contributed by atoms with Gasteiger partial charge in [0.05, 0.1) is 13.2 Å². The highest BCUT2D eigenvalue weighted by Crippen LogP contribution is 2.35. The first-order valence-electron chi connectivity index (χ1n) is 5.84. The number of rotatable bonds is 4. The lowest BCUT2D eigenvalue weighted by molar-refractivity contribution is 0.174. The Balaban J connectivity index is 2.00. The van der Waals surface area contributed by atoms with Gasteiger partial charge in [0.25, 0.3) is 0 Å². The molecule has 100 valence electrons. The van der Waals surface area contributed by atoms with Crippen LogP contribution in [0.3, 0.4) is 0 Å². The van der Waals surface area contributed by atoms with E-state index in [1.807, 2.05) is 22.8 Å². The Morgan fingerprint density at radius 2 is 2.26 bits per heavy atom. The highest BCUT2D eigenvalue weighted by molar-refractivity contribution is 7.71. The molecule has 0 atom stereocenters. The monoisotopic (exact) mass is 279 g/mol. The van der Waals surface area contributed by atoms with E-state index in [1.54, 1.807) is 7.11 Å². The molecule has 7 heteroatoms.